The van der Waals surface area contributed by atoms with E-state index in [1.54, 1.807) is 11.8 Å². The number of nitrogens with zero attached hydrogens (tertiary/aromatic N) is 3. The smallest absolute Gasteiger partial charge is 0.288 e. The number of amides is 1. The van der Waals surface area contributed by atoms with Crippen LogP contribution >= 0.6 is 0 Å². The molecule has 2 unspecified atom stereocenters. The average molecular weight is 292 g/mol. The Morgan fingerprint density at radius 1 is 1.62 bits per heavy atom. The van der Waals surface area contributed by atoms with Crippen LogP contribution in [0.3, 0.4) is 0 Å². The van der Waals surface area contributed by atoms with Gasteiger partial charge in [0, 0.05) is 25.2 Å². The number of hydrogen-bond acceptors (Lipinski definition) is 5. The van der Waals surface area contributed by atoms with Crippen molar-refractivity contribution >= 4 is 11.6 Å². The highest BCUT2D eigenvalue weighted by Gasteiger charge is 2.31. The van der Waals surface area contributed by atoms with Crippen molar-refractivity contribution in [2.24, 2.45) is 11.7 Å². The van der Waals surface area contributed by atoms with Gasteiger partial charge in [-0.3, -0.25) is 19.9 Å². The molecule has 1 saturated heterocycles. The quantitative estimate of drug-likeness (QED) is 0.671. The fraction of sp³-hybridized carbons (Fsp3) is 0.571. The molecule has 7 nitrogen and oxygen atoms in total. The Morgan fingerprint density at radius 2 is 2.33 bits per heavy atom. The topological polar surface area (TPSA) is 102 Å². The normalized spacial score (nSPS) is 22.1. The minimum absolute atomic E-state index is 0.0140. The second-order valence-corrected chi connectivity index (χ2v) is 5.60. The van der Waals surface area contributed by atoms with Gasteiger partial charge in [0.15, 0.2) is 0 Å². The molecule has 2 atom stereocenters. The van der Waals surface area contributed by atoms with E-state index < -0.39 is 4.92 Å². The fourth-order valence-electron chi connectivity index (χ4n) is 2.74. The molecule has 21 heavy (non-hydrogen) atoms. The number of nitrogens with two attached hydrogens (primary N) is 1. The van der Waals surface area contributed by atoms with Crippen molar-refractivity contribution in [3.05, 3.63) is 33.6 Å². The van der Waals surface area contributed by atoms with Crippen LogP contribution in [-0.2, 0) is 0 Å². The number of carbonyl (C=O) groups excluding carboxylic acids is 1. The van der Waals surface area contributed by atoms with Crippen LogP contribution in [0.5, 0.6) is 0 Å². The number of pyridine rings is 1. The van der Waals surface area contributed by atoms with Crippen molar-refractivity contribution in [1.82, 2.24) is 9.88 Å². The van der Waals surface area contributed by atoms with E-state index in [1.807, 2.05) is 0 Å². The number of rotatable bonds is 3. The fourth-order valence-corrected chi connectivity index (χ4v) is 2.74. The lowest BCUT2D eigenvalue weighted by molar-refractivity contribution is -0.385. The molecule has 0 aromatic carbocycles. The van der Waals surface area contributed by atoms with E-state index in [0.717, 1.165) is 12.8 Å². The zero-order chi connectivity index (χ0) is 15.6. The lowest BCUT2D eigenvalue weighted by Crippen LogP contribution is -2.49. The Labute approximate surface area is 123 Å². The van der Waals surface area contributed by atoms with E-state index in [9.17, 15) is 14.9 Å². The molecular formula is C14H20N4O3. The molecule has 2 N–H and O–H groups in total. The van der Waals surface area contributed by atoms with Gasteiger partial charge in [-0.25, -0.2) is 0 Å². The predicted molar refractivity (Wildman–Crippen MR) is 77.9 cm³/mol. The summed E-state index contributed by atoms with van der Waals surface area (Å²) >= 11 is 0. The van der Waals surface area contributed by atoms with Crippen molar-refractivity contribution in [2.75, 3.05) is 13.1 Å². The maximum absolute atomic E-state index is 12.7. The molecule has 2 heterocycles. The van der Waals surface area contributed by atoms with E-state index in [4.69, 9.17) is 5.73 Å². The summed E-state index contributed by atoms with van der Waals surface area (Å²) in [6.45, 7) is 4.85. The van der Waals surface area contributed by atoms with Gasteiger partial charge in [0.2, 0.25) is 0 Å². The van der Waals surface area contributed by atoms with E-state index in [-0.39, 0.29) is 23.2 Å². The minimum Gasteiger partial charge on any atom is -0.334 e. The van der Waals surface area contributed by atoms with Gasteiger partial charge < -0.3 is 10.6 Å². The van der Waals surface area contributed by atoms with Crippen LogP contribution in [0.25, 0.3) is 0 Å². The maximum Gasteiger partial charge on any atom is 0.288 e. The average Bonchev–Trinajstić information content (AvgIpc) is 2.46. The monoisotopic (exact) mass is 292 g/mol. The van der Waals surface area contributed by atoms with Gasteiger partial charge in [-0.15, -0.1) is 0 Å². The van der Waals surface area contributed by atoms with Gasteiger partial charge in [-0.2, -0.15) is 0 Å². The van der Waals surface area contributed by atoms with E-state index in [1.165, 1.54) is 12.3 Å². The summed E-state index contributed by atoms with van der Waals surface area (Å²) in [5, 5.41) is 10.8. The van der Waals surface area contributed by atoms with Crippen LogP contribution < -0.4 is 5.73 Å². The second kappa shape index (κ2) is 6.17. The van der Waals surface area contributed by atoms with Crippen molar-refractivity contribution in [3.63, 3.8) is 0 Å². The summed E-state index contributed by atoms with van der Waals surface area (Å²) in [5.74, 6) is 0.318. The van der Waals surface area contributed by atoms with E-state index in [2.05, 4.69) is 11.9 Å². The van der Waals surface area contributed by atoms with Gasteiger partial charge in [-0.05, 0) is 25.7 Å². The Balaban J connectivity index is 2.30. The Hall–Kier alpha value is -2.02. The lowest BCUT2D eigenvalue weighted by atomic mass is 9.91. The molecule has 0 aliphatic carbocycles. The summed E-state index contributed by atoms with van der Waals surface area (Å²) in [4.78, 5) is 28.7. The third-order valence-corrected chi connectivity index (χ3v) is 4.02. The molecular weight excluding hydrogens is 272 g/mol. The van der Waals surface area contributed by atoms with Crippen LogP contribution in [0.1, 0.15) is 35.8 Å². The van der Waals surface area contributed by atoms with Crippen LogP contribution in [0.2, 0.25) is 0 Å². The summed E-state index contributed by atoms with van der Waals surface area (Å²) in [6, 6.07) is 1.29. The number of piperidine rings is 1. The Morgan fingerprint density at radius 3 is 2.95 bits per heavy atom. The van der Waals surface area contributed by atoms with Crippen LogP contribution in [0.4, 0.5) is 5.69 Å². The van der Waals surface area contributed by atoms with E-state index >= 15 is 0 Å². The molecule has 2 rings (SSSR count). The number of nitro groups is 1. The number of aromatic nitrogens is 1. The van der Waals surface area contributed by atoms with Gasteiger partial charge >= 0.3 is 0 Å². The summed E-state index contributed by atoms with van der Waals surface area (Å²) < 4.78 is 0. The number of carbonyl (C=O) groups is 1. The molecule has 1 amide bonds. The minimum atomic E-state index is -0.540. The van der Waals surface area contributed by atoms with Gasteiger partial charge in [0.05, 0.1) is 16.2 Å². The van der Waals surface area contributed by atoms with Crippen molar-refractivity contribution < 1.29 is 9.72 Å². The molecule has 1 aromatic heterocycles. The molecule has 1 fully saturated rings. The Bertz CT molecular complexity index is 561. The molecule has 1 aromatic rings. The number of likely N-dealkylation sites (tertiary alicyclic amines) is 1. The first-order valence-corrected chi connectivity index (χ1v) is 7.06. The molecule has 1 aliphatic heterocycles. The molecule has 0 saturated carbocycles. The highest BCUT2D eigenvalue weighted by molar-refractivity contribution is 5.96. The molecule has 114 valence electrons. The summed E-state index contributed by atoms with van der Waals surface area (Å²) in [7, 11) is 0. The lowest BCUT2D eigenvalue weighted by Gasteiger charge is -2.38. The summed E-state index contributed by atoms with van der Waals surface area (Å²) in [6.07, 6.45) is 2.96. The van der Waals surface area contributed by atoms with Crippen molar-refractivity contribution in [3.8, 4) is 0 Å². The van der Waals surface area contributed by atoms with Crippen molar-refractivity contribution in [2.45, 2.75) is 32.7 Å². The Kier molecular flexibility index (Phi) is 4.52. The second-order valence-electron chi connectivity index (χ2n) is 5.60. The molecule has 1 aliphatic rings. The SMILES string of the molecule is Cc1ncc([N+](=O)[O-])cc1C(=O)N1CCC(C)CC1CN. The zero-order valence-electron chi connectivity index (χ0n) is 12.3. The van der Waals surface area contributed by atoms with Gasteiger partial charge in [-0.1, -0.05) is 6.92 Å². The van der Waals surface area contributed by atoms with Crippen LogP contribution in [0.15, 0.2) is 12.3 Å². The summed E-state index contributed by atoms with van der Waals surface area (Å²) in [5.41, 5.74) is 6.39. The highest BCUT2D eigenvalue weighted by atomic mass is 16.6. The van der Waals surface area contributed by atoms with Crippen LogP contribution in [-0.4, -0.2) is 39.8 Å². The van der Waals surface area contributed by atoms with Gasteiger partial charge in [0.1, 0.15) is 6.20 Å². The first kappa shape index (κ1) is 15.4. The molecule has 7 heteroatoms. The number of hydrogen-bond donors (Lipinski definition) is 1. The molecule has 0 bridgehead atoms. The van der Waals surface area contributed by atoms with Crippen molar-refractivity contribution in [1.29, 1.82) is 0 Å². The highest BCUT2D eigenvalue weighted by Crippen LogP contribution is 2.25. The molecule has 0 radical (unpaired) electrons. The van der Waals surface area contributed by atoms with E-state index in [0.29, 0.717) is 24.7 Å². The van der Waals surface area contributed by atoms with Gasteiger partial charge in [0.25, 0.3) is 11.6 Å². The number of aryl methyl sites for hydroxylation is 1. The third kappa shape index (κ3) is 3.18. The first-order valence-electron chi connectivity index (χ1n) is 7.06. The largest absolute Gasteiger partial charge is 0.334 e. The maximum atomic E-state index is 12.7. The van der Waals surface area contributed by atoms with Crippen LogP contribution in [0, 0.1) is 23.0 Å². The molecule has 0 spiro atoms. The standard InChI is InChI=1S/C14H20N4O3/c1-9-3-4-17(11(5-9)7-15)14(19)13-6-12(18(20)21)8-16-10(13)2/h6,8-9,11H,3-5,7,15H2,1-2H3. The zero-order valence-corrected chi connectivity index (χ0v) is 12.3. The first-order chi connectivity index (χ1) is 9.93. The third-order valence-electron chi connectivity index (χ3n) is 4.02. The predicted octanol–water partition coefficient (Wildman–Crippen LogP) is 1.50.